The van der Waals surface area contributed by atoms with Gasteiger partial charge in [-0.1, -0.05) is 13.0 Å². The van der Waals surface area contributed by atoms with E-state index in [1.54, 1.807) is 11.3 Å². The lowest BCUT2D eigenvalue weighted by molar-refractivity contribution is 0.561. The van der Waals surface area contributed by atoms with Gasteiger partial charge in [-0.3, -0.25) is 4.68 Å². The van der Waals surface area contributed by atoms with Crippen LogP contribution < -0.4 is 5.73 Å². The zero-order chi connectivity index (χ0) is 10.7. The van der Waals surface area contributed by atoms with Gasteiger partial charge in [0.1, 0.15) is 0 Å². The molecule has 0 bridgehead atoms. The number of aryl methyl sites for hydroxylation is 1. The molecule has 2 aromatic rings. The summed E-state index contributed by atoms with van der Waals surface area (Å²) in [6, 6.07) is 6.05. The van der Waals surface area contributed by atoms with Gasteiger partial charge in [0.15, 0.2) is 0 Å². The van der Waals surface area contributed by atoms with E-state index in [0.717, 1.165) is 18.7 Å². The second kappa shape index (κ2) is 4.59. The molecule has 0 amide bonds. The Morgan fingerprint density at radius 3 is 3.07 bits per heavy atom. The van der Waals surface area contributed by atoms with Crippen LogP contribution in [0, 0.1) is 0 Å². The van der Waals surface area contributed by atoms with Gasteiger partial charge in [-0.15, -0.1) is 11.3 Å². The fraction of sp³-hybridized carbons (Fsp3) is 0.364. The molecule has 0 aliphatic rings. The maximum atomic E-state index is 6.19. The third-order valence-electron chi connectivity index (χ3n) is 2.35. The van der Waals surface area contributed by atoms with E-state index in [4.69, 9.17) is 5.73 Å². The molecule has 0 aliphatic carbocycles. The van der Waals surface area contributed by atoms with Gasteiger partial charge in [0.05, 0.1) is 11.7 Å². The topological polar surface area (TPSA) is 43.8 Å². The van der Waals surface area contributed by atoms with E-state index < -0.39 is 0 Å². The normalized spacial score (nSPS) is 12.9. The van der Waals surface area contributed by atoms with Crippen molar-refractivity contribution in [2.75, 3.05) is 0 Å². The van der Waals surface area contributed by atoms with Gasteiger partial charge in [-0.2, -0.15) is 5.10 Å². The van der Waals surface area contributed by atoms with Crippen LogP contribution in [-0.4, -0.2) is 9.78 Å². The Morgan fingerprint density at radius 2 is 2.40 bits per heavy atom. The summed E-state index contributed by atoms with van der Waals surface area (Å²) in [5.41, 5.74) is 7.28. The summed E-state index contributed by atoms with van der Waals surface area (Å²) in [5.74, 6) is 0. The number of thiophene rings is 1. The molecule has 1 atom stereocenters. The SMILES string of the molecule is CCCn1nccc1C(N)c1cccs1. The Labute approximate surface area is 93.5 Å². The zero-order valence-corrected chi connectivity index (χ0v) is 9.57. The van der Waals surface area contributed by atoms with Crippen molar-refractivity contribution in [3.63, 3.8) is 0 Å². The number of hydrogen-bond acceptors (Lipinski definition) is 3. The summed E-state index contributed by atoms with van der Waals surface area (Å²) >= 11 is 1.69. The monoisotopic (exact) mass is 221 g/mol. The van der Waals surface area contributed by atoms with Crippen LogP contribution >= 0.6 is 11.3 Å². The average Bonchev–Trinajstić information content (AvgIpc) is 2.87. The Balaban J connectivity index is 2.25. The molecule has 0 aliphatic heterocycles. The molecule has 2 rings (SSSR count). The fourth-order valence-electron chi connectivity index (χ4n) is 1.62. The predicted molar refractivity (Wildman–Crippen MR) is 62.9 cm³/mol. The molecule has 0 fully saturated rings. The van der Waals surface area contributed by atoms with Gasteiger partial charge in [0.2, 0.25) is 0 Å². The van der Waals surface area contributed by atoms with Gasteiger partial charge in [0, 0.05) is 17.6 Å². The van der Waals surface area contributed by atoms with Gasteiger partial charge in [0.25, 0.3) is 0 Å². The molecule has 2 aromatic heterocycles. The molecule has 0 aromatic carbocycles. The van der Waals surface area contributed by atoms with E-state index in [2.05, 4.69) is 23.5 Å². The second-order valence-corrected chi connectivity index (χ2v) is 4.45. The first-order valence-corrected chi connectivity index (χ1v) is 6.01. The molecule has 15 heavy (non-hydrogen) atoms. The van der Waals surface area contributed by atoms with E-state index in [0.29, 0.717) is 0 Å². The lowest BCUT2D eigenvalue weighted by atomic mass is 10.2. The number of aromatic nitrogens is 2. The molecule has 3 nitrogen and oxygen atoms in total. The Kier molecular flexibility index (Phi) is 3.18. The van der Waals surface area contributed by atoms with Crippen LogP contribution in [0.4, 0.5) is 0 Å². The van der Waals surface area contributed by atoms with Crippen LogP contribution in [-0.2, 0) is 6.54 Å². The van der Waals surface area contributed by atoms with Gasteiger partial charge in [-0.05, 0) is 23.9 Å². The van der Waals surface area contributed by atoms with Crippen LogP contribution in [0.2, 0.25) is 0 Å². The summed E-state index contributed by atoms with van der Waals surface area (Å²) in [4.78, 5) is 1.19. The minimum absolute atomic E-state index is 0.0425. The third kappa shape index (κ3) is 2.11. The van der Waals surface area contributed by atoms with Crippen LogP contribution in [0.15, 0.2) is 29.8 Å². The van der Waals surface area contributed by atoms with E-state index in [1.165, 1.54) is 4.88 Å². The van der Waals surface area contributed by atoms with Gasteiger partial charge >= 0.3 is 0 Å². The minimum atomic E-state index is -0.0425. The molecular weight excluding hydrogens is 206 g/mol. The summed E-state index contributed by atoms with van der Waals surface area (Å²) < 4.78 is 1.99. The van der Waals surface area contributed by atoms with E-state index >= 15 is 0 Å². The largest absolute Gasteiger partial charge is 0.318 e. The molecule has 0 radical (unpaired) electrons. The highest BCUT2D eigenvalue weighted by molar-refractivity contribution is 7.10. The van der Waals surface area contributed by atoms with Crippen molar-refractivity contribution in [2.24, 2.45) is 5.73 Å². The zero-order valence-electron chi connectivity index (χ0n) is 8.76. The number of hydrogen-bond donors (Lipinski definition) is 1. The maximum absolute atomic E-state index is 6.19. The molecule has 1 unspecified atom stereocenters. The molecule has 80 valence electrons. The maximum Gasteiger partial charge on any atom is 0.0816 e. The van der Waals surface area contributed by atoms with Crippen molar-refractivity contribution >= 4 is 11.3 Å². The summed E-state index contributed by atoms with van der Waals surface area (Å²) in [6.07, 6.45) is 2.89. The van der Waals surface area contributed by atoms with Gasteiger partial charge < -0.3 is 5.73 Å². The molecule has 0 spiro atoms. The van der Waals surface area contributed by atoms with Gasteiger partial charge in [-0.25, -0.2) is 0 Å². The lowest BCUT2D eigenvalue weighted by Crippen LogP contribution is -2.16. The number of nitrogens with two attached hydrogens (primary N) is 1. The smallest absolute Gasteiger partial charge is 0.0816 e. The summed E-state index contributed by atoms with van der Waals surface area (Å²) in [6.45, 7) is 3.07. The standard InChI is InChI=1S/C11H15N3S/c1-2-7-14-9(5-6-13-14)11(12)10-4-3-8-15-10/h3-6,8,11H,2,7,12H2,1H3. The first kappa shape index (κ1) is 10.4. The van der Waals surface area contributed by atoms with Crippen molar-refractivity contribution in [3.05, 3.63) is 40.3 Å². The minimum Gasteiger partial charge on any atom is -0.318 e. The molecule has 0 saturated heterocycles. The van der Waals surface area contributed by atoms with Crippen molar-refractivity contribution in [1.29, 1.82) is 0 Å². The highest BCUT2D eigenvalue weighted by Gasteiger charge is 2.13. The van der Waals surface area contributed by atoms with Crippen LogP contribution in [0.1, 0.15) is 30.0 Å². The van der Waals surface area contributed by atoms with Crippen molar-refractivity contribution < 1.29 is 0 Å². The molecule has 2 N–H and O–H groups in total. The van der Waals surface area contributed by atoms with Crippen LogP contribution in [0.3, 0.4) is 0 Å². The fourth-order valence-corrected chi connectivity index (χ4v) is 2.36. The quantitative estimate of drug-likeness (QED) is 0.861. The van der Waals surface area contributed by atoms with Crippen LogP contribution in [0.25, 0.3) is 0 Å². The Hall–Kier alpha value is -1.13. The summed E-state index contributed by atoms with van der Waals surface area (Å²) in [5, 5.41) is 6.33. The van der Waals surface area contributed by atoms with E-state index in [1.807, 2.05) is 23.0 Å². The molecular formula is C11H15N3S. The third-order valence-corrected chi connectivity index (χ3v) is 3.31. The van der Waals surface area contributed by atoms with E-state index in [-0.39, 0.29) is 6.04 Å². The van der Waals surface area contributed by atoms with Crippen molar-refractivity contribution in [3.8, 4) is 0 Å². The average molecular weight is 221 g/mol. The Morgan fingerprint density at radius 1 is 1.53 bits per heavy atom. The highest BCUT2D eigenvalue weighted by atomic mass is 32.1. The lowest BCUT2D eigenvalue weighted by Gasteiger charge is -2.12. The Bertz CT molecular complexity index is 405. The molecule has 0 saturated carbocycles. The second-order valence-electron chi connectivity index (χ2n) is 3.47. The van der Waals surface area contributed by atoms with Crippen molar-refractivity contribution in [2.45, 2.75) is 25.9 Å². The summed E-state index contributed by atoms with van der Waals surface area (Å²) in [7, 11) is 0. The first-order chi connectivity index (χ1) is 7.33. The van der Waals surface area contributed by atoms with E-state index in [9.17, 15) is 0 Å². The molecule has 4 heteroatoms. The van der Waals surface area contributed by atoms with Crippen molar-refractivity contribution in [1.82, 2.24) is 9.78 Å². The number of rotatable bonds is 4. The first-order valence-electron chi connectivity index (χ1n) is 5.13. The highest BCUT2D eigenvalue weighted by Crippen LogP contribution is 2.23. The number of nitrogens with zero attached hydrogens (tertiary/aromatic N) is 2. The molecule has 2 heterocycles. The predicted octanol–water partition coefficient (Wildman–Crippen LogP) is 2.40. The van der Waals surface area contributed by atoms with Crippen LogP contribution in [0.5, 0.6) is 0 Å².